The molecular weight excluding hydrogens is 234 g/mol. The maximum Gasteiger partial charge on any atom is 0.227 e. The summed E-state index contributed by atoms with van der Waals surface area (Å²) in [6.07, 6.45) is 2.06. The van der Waals surface area contributed by atoms with Gasteiger partial charge in [0, 0.05) is 11.6 Å². The molecule has 2 heteroatoms. The molecule has 2 aromatic carbocycles. The van der Waals surface area contributed by atoms with E-state index in [0.717, 1.165) is 18.5 Å². The van der Waals surface area contributed by atoms with Gasteiger partial charge in [-0.15, -0.1) is 0 Å². The molecule has 0 heterocycles. The predicted molar refractivity (Wildman–Crippen MR) is 78.0 cm³/mol. The molecule has 96 valence electrons. The highest BCUT2D eigenvalue weighted by Crippen LogP contribution is 2.31. The van der Waals surface area contributed by atoms with E-state index in [2.05, 4.69) is 36.5 Å². The summed E-state index contributed by atoms with van der Waals surface area (Å²) in [5.41, 5.74) is 4.47. The van der Waals surface area contributed by atoms with Gasteiger partial charge in [0.05, 0.1) is 0 Å². The number of benzene rings is 2. The number of carbonyl (C=O) groups is 1. The Labute approximate surface area is 113 Å². The van der Waals surface area contributed by atoms with Gasteiger partial charge < -0.3 is 5.32 Å². The largest absolute Gasteiger partial charge is 0.326 e. The van der Waals surface area contributed by atoms with Crippen LogP contribution >= 0.6 is 0 Å². The molecular formula is C17H17NO. The SMILES string of the molecule is Cc1ccc(NC(=O)C2CC2)cc1-c1ccccc1. The van der Waals surface area contributed by atoms with E-state index in [1.165, 1.54) is 16.7 Å². The van der Waals surface area contributed by atoms with Crippen LogP contribution in [-0.2, 0) is 4.79 Å². The molecule has 0 aromatic heterocycles. The van der Waals surface area contributed by atoms with Crippen LogP contribution in [0.1, 0.15) is 18.4 Å². The Bertz CT molecular complexity index is 600. The van der Waals surface area contributed by atoms with Crippen molar-refractivity contribution in [1.82, 2.24) is 0 Å². The fourth-order valence-corrected chi connectivity index (χ4v) is 2.22. The third-order valence-corrected chi connectivity index (χ3v) is 3.54. The van der Waals surface area contributed by atoms with Crippen LogP contribution in [0, 0.1) is 12.8 Å². The van der Waals surface area contributed by atoms with E-state index in [4.69, 9.17) is 0 Å². The maximum absolute atomic E-state index is 11.8. The zero-order valence-corrected chi connectivity index (χ0v) is 11.0. The molecule has 0 radical (unpaired) electrons. The number of anilines is 1. The Morgan fingerprint density at radius 2 is 1.84 bits per heavy atom. The van der Waals surface area contributed by atoms with E-state index in [1.807, 2.05) is 24.3 Å². The van der Waals surface area contributed by atoms with Crippen LogP contribution in [-0.4, -0.2) is 5.91 Å². The first-order valence-corrected chi connectivity index (χ1v) is 6.71. The van der Waals surface area contributed by atoms with Crippen LogP contribution in [0.25, 0.3) is 11.1 Å². The highest BCUT2D eigenvalue weighted by Gasteiger charge is 2.29. The van der Waals surface area contributed by atoms with Crippen LogP contribution in [0.5, 0.6) is 0 Å². The molecule has 0 aliphatic heterocycles. The lowest BCUT2D eigenvalue weighted by atomic mass is 10.00. The molecule has 0 saturated heterocycles. The van der Waals surface area contributed by atoms with Crippen molar-refractivity contribution in [2.75, 3.05) is 5.32 Å². The first kappa shape index (κ1) is 12.0. The van der Waals surface area contributed by atoms with E-state index >= 15 is 0 Å². The van der Waals surface area contributed by atoms with Crippen molar-refractivity contribution in [3.05, 3.63) is 54.1 Å². The van der Waals surface area contributed by atoms with Gasteiger partial charge in [-0.2, -0.15) is 0 Å². The fourth-order valence-electron chi connectivity index (χ4n) is 2.22. The Balaban J connectivity index is 1.89. The topological polar surface area (TPSA) is 29.1 Å². The zero-order chi connectivity index (χ0) is 13.2. The lowest BCUT2D eigenvalue weighted by Gasteiger charge is -2.10. The molecule has 2 aromatic rings. The quantitative estimate of drug-likeness (QED) is 0.877. The van der Waals surface area contributed by atoms with Gasteiger partial charge in [0.15, 0.2) is 0 Å². The Morgan fingerprint density at radius 3 is 2.53 bits per heavy atom. The second kappa shape index (κ2) is 4.88. The summed E-state index contributed by atoms with van der Waals surface area (Å²) in [6, 6.07) is 16.4. The van der Waals surface area contributed by atoms with Crippen molar-refractivity contribution in [1.29, 1.82) is 0 Å². The van der Waals surface area contributed by atoms with Crippen molar-refractivity contribution in [2.45, 2.75) is 19.8 Å². The number of carbonyl (C=O) groups excluding carboxylic acids is 1. The van der Waals surface area contributed by atoms with E-state index < -0.39 is 0 Å². The van der Waals surface area contributed by atoms with Gasteiger partial charge in [-0.05, 0) is 48.6 Å². The van der Waals surface area contributed by atoms with E-state index in [-0.39, 0.29) is 11.8 Å². The van der Waals surface area contributed by atoms with Crippen molar-refractivity contribution >= 4 is 11.6 Å². The highest BCUT2D eigenvalue weighted by atomic mass is 16.2. The maximum atomic E-state index is 11.8. The highest BCUT2D eigenvalue weighted by molar-refractivity contribution is 5.94. The van der Waals surface area contributed by atoms with Crippen molar-refractivity contribution in [3.8, 4) is 11.1 Å². The number of rotatable bonds is 3. The molecule has 1 N–H and O–H groups in total. The van der Waals surface area contributed by atoms with Gasteiger partial charge in [-0.25, -0.2) is 0 Å². The van der Waals surface area contributed by atoms with E-state index in [9.17, 15) is 4.79 Å². The minimum Gasteiger partial charge on any atom is -0.326 e. The summed E-state index contributed by atoms with van der Waals surface area (Å²) >= 11 is 0. The van der Waals surface area contributed by atoms with Gasteiger partial charge in [-0.1, -0.05) is 36.4 Å². The lowest BCUT2D eigenvalue weighted by Crippen LogP contribution is -2.13. The van der Waals surface area contributed by atoms with E-state index in [1.54, 1.807) is 0 Å². The van der Waals surface area contributed by atoms with Crippen molar-refractivity contribution in [3.63, 3.8) is 0 Å². The lowest BCUT2D eigenvalue weighted by molar-refractivity contribution is -0.117. The van der Waals surface area contributed by atoms with Crippen LogP contribution < -0.4 is 5.32 Å². The molecule has 1 aliphatic rings. The number of aryl methyl sites for hydroxylation is 1. The minimum atomic E-state index is 0.155. The van der Waals surface area contributed by atoms with Crippen LogP contribution in [0.3, 0.4) is 0 Å². The third kappa shape index (κ3) is 2.68. The molecule has 0 atom stereocenters. The Hall–Kier alpha value is -2.09. The van der Waals surface area contributed by atoms with Crippen molar-refractivity contribution in [2.24, 2.45) is 5.92 Å². The average Bonchev–Trinajstić information content (AvgIpc) is 3.26. The number of hydrogen-bond donors (Lipinski definition) is 1. The van der Waals surface area contributed by atoms with E-state index in [0.29, 0.717) is 0 Å². The molecule has 1 amide bonds. The fraction of sp³-hybridized carbons (Fsp3) is 0.235. The molecule has 1 aliphatic carbocycles. The number of amides is 1. The van der Waals surface area contributed by atoms with Gasteiger partial charge in [-0.3, -0.25) is 4.79 Å². The second-order valence-corrected chi connectivity index (χ2v) is 5.16. The third-order valence-electron chi connectivity index (χ3n) is 3.54. The Kier molecular flexibility index (Phi) is 3.08. The molecule has 0 bridgehead atoms. The molecule has 3 rings (SSSR count). The summed E-state index contributed by atoms with van der Waals surface area (Å²) in [5, 5.41) is 3.00. The van der Waals surface area contributed by atoms with Crippen molar-refractivity contribution < 1.29 is 4.79 Å². The monoisotopic (exact) mass is 251 g/mol. The molecule has 19 heavy (non-hydrogen) atoms. The molecule has 0 spiro atoms. The van der Waals surface area contributed by atoms with Crippen LogP contribution in [0.2, 0.25) is 0 Å². The second-order valence-electron chi connectivity index (χ2n) is 5.16. The minimum absolute atomic E-state index is 0.155. The summed E-state index contributed by atoms with van der Waals surface area (Å²) in [4.78, 5) is 11.8. The molecule has 2 nitrogen and oxygen atoms in total. The van der Waals surface area contributed by atoms with Gasteiger partial charge in [0.1, 0.15) is 0 Å². The van der Waals surface area contributed by atoms with Gasteiger partial charge in [0.2, 0.25) is 5.91 Å². The summed E-state index contributed by atoms with van der Waals surface area (Å²) in [7, 11) is 0. The summed E-state index contributed by atoms with van der Waals surface area (Å²) in [5.74, 6) is 0.393. The van der Waals surface area contributed by atoms with Crippen LogP contribution in [0.4, 0.5) is 5.69 Å². The first-order valence-electron chi connectivity index (χ1n) is 6.71. The normalized spacial score (nSPS) is 14.2. The standard InChI is InChI=1S/C17H17NO/c1-12-7-10-15(18-17(19)14-8-9-14)11-16(12)13-5-3-2-4-6-13/h2-7,10-11,14H,8-9H2,1H3,(H,18,19). The number of hydrogen-bond acceptors (Lipinski definition) is 1. The number of nitrogens with one attached hydrogen (secondary N) is 1. The average molecular weight is 251 g/mol. The predicted octanol–water partition coefficient (Wildman–Crippen LogP) is 4.01. The van der Waals surface area contributed by atoms with Gasteiger partial charge >= 0.3 is 0 Å². The van der Waals surface area contributed by atoms with Crippen LogP contribution in [0.15, 0.2) is 48.5 Å². The Morgan fingerprint density at radius 1 is 1.11 bits per heavy atom. The smallest absolute Gasteiger partial charge is 0.227 e. The molecule has 1 saturated carbocycles. The zero-order valence-electron chi connectivity index (χ0n) is 11.0. The summed E-state index contributed by atoms with van der Waals surface area (Å²) in [6.45, 7) is 2.09. The summed E-state index contributed by atoms with van der Waals surface area (Å²) < 4.78 is 0. The molecule has 1 fully saturated rings. The first-order chi connectivity index (χ1) is 9.24. The van der Waals surface area contributed by atoms with Gasteiger partial charge in [0.25, 0.3) is 0 Å². The molecule has 0 unspecified atom stereocenters.